The number of carbonyl (C=O) groups excluding carboxylic acids is 1. The Bertz CT molecular complexity index is 887. The van der Waals surface area contributed by atoms with Crippen LogP contribution >= 0.6 is 11.3 Å². The zero-order valence-electron chi connectivity index (χ0n) is 14.6. The lowest BCUT2D eigenvalue weighted by molar-refractivity contribution is 0.0717. The summed E-state index contributed by atoms with van der Waals surface area (Å²) in [4.78, 5) is 28.6. The van der Waals surface area contributed by atoms with E-state index in [-0.39, 0.29) is 5.91 Å². The molecule has 0 radical (unpaired) electrons. The average molecular weight is 364 g/mol. The summed E-state index contributed by atoms with van der Waals surface area (Å²) in [7, 11) is 0. The number of nitrogens with zero attached hydrogens (tertiary/aromatic N) is 4. The van der Waals surface area contributed by atoms with E-state index in [1.165, 1.54) is 11.3 Å². The number of hydrogen-bond acceptors (Lipinski definition) is 5. The van der Waals surface area contributed by atoms with Crippen LogP contribution < -0.4 is 0 Å². The molecule has 1 aliphatic rings. The van der Waals surface area contributed by atoms with Gasteiger partial charge in [-0.1, -0.05) is 6.07 Å². The van der Waals surface area contributed by atoms with Crippen molar-refractivity contribution in [3.8, 4) is 11.1 Å². The summed E-state index contributed by atoms with van der Waals surface area (Å²) < 4.78 is 0. The molecule has 1 amide bonds. The summed E-state index contributed by atoms with van der Waals surface area (Å²) in [5.74, 6) is 1.27. The molecule has 3 aromatic rings. The predicted octanol–water partition coefficient (Wildman–Crippen LogP) is 3.93. The molecular formula is C20H20N4OS. The van der Waals surface area contributed by atoms with Crippen molar-refractivity contribution >= 4 is 17.2 Å². The predicted molar refractivity (Wildman–Crippen MR) is 102 cm³/mol. The highest BCUT2D eigenvalue weighted by atomic mass is 32.1. The molecule has 1 fully saturated rings. The number of hydrogen-bond donors (Lipinski definition) is 0. The molecule has 0 aromatic carbocycles. The Labute approximate surface area is 156 Å². The van der Waals surface area contributed by atoms with Crippen LogP contribution in [0.2, 0.25) is 0 Å². The first kappa shape index (κ1) is 16.8. The molecule has 1 saturated heterocycles. The lowest BCUT2D eigenvalue weighted by Crippen LogP contribution is -2.37. The summed E-state index contributed by atoms with van der Waals surface area (Å²) in [6, 6.07) is 7.81. The van der Waals surface area contributed by atoms with Gasteiger partial charge in [0.2, 0.25) is 0 Å². The maximum Gasteiger partial charge on any atom is 0.263 e. The molecule has 5 nitrogen and oxygen atoms in total. The first-order chi connectivity index (χ1) is 12.7. The quantitative estimate of drug-likeness (QED) is 0.706. The minimum atomic E-state index is 0.145. The van der Waals surface area contributed by atoms with E-state index in [0.717, 1.165) is 53.5 Å². The maximum absolute atomic E-state index is 12.6. The van der Waals surface area contributed by atoms with Gasteiger partial charge >= 0.3 is 0 Å². The van der Waals surface area contributed by atoms with E-state index in [1.807, 2.05) is 47.7 Å². The number of aromatic nitrogens is 3. The molecule has 4 heterocycles. The third-order valence-electron chi connectivity index (χ3n) is 4.83. The summed E-state index contributed by atoms with van der Waals surface area (Å²) in [5.41, 5.74) is 3.25. The minimum Gasteiger partial charge on any atom is -0.338 e. The largest absolute Gasteiger partial charge is 0.338 e. The molecule has 0 aliphatic carbocycles. The Hall–Kier alpha value is -2.60. The van der Waals surface area contributed by atoms with Gasteiger partial charge in [0, 0.05) is 43.2 Å². The first-order valence-electron chi connectivity index (χ1n) is 8.79. The van der Waals surface area contributed by atoms with E-state index in [0.29, 0.717) is 5.92 Å². The maximum atomic E-state index is 12.6. The van der Waals surface area contributed by atoms with E-state index >= 15 is 0 Å². The topological polar surface area (TPSA) is 59.0 Å². The lowest BCUT2D eigenvalue weighted by atomic mass is 9.89. The van der Waals surface area contributed by atoms with E-state index < -0.39 is 0 Å². The minimum absolute atomic E-state index is 0.145. The fourth-order valence-corrected chi connectivity index (χ4v) is 4.16. The number of aryl methyl sites for hydroxylation is 1. The van der Waals surface area contributed by atoms with Crippen molar-refractivity contribution in [2.75, 3.05) is 13.1 Å². The van der Waals surface area contributed by atoms with Gasteiger partial charge in [-0.15, -0.1) is 11.3 Å². The Balaban J connectivity index is 1.54. The molecule has 6 heteroatoms. The average Bonchev–Trinajstić information content (AvgIpc) is 3.23. The lowest BCUT2D eigenvalue weighted by Gasteiger charge is -2.32. The van der Waals surface area contributed by atoms with E-state index in [2.05, 4.69) is 9.97 Å². The monoisotopic (exact) mass is 364 g/mol. The van der Waals surface area contributed by atoms with Crippen LogP contribution in [0.1, 0.15) is 39.9 Å². The molecule has 132 valence electrons. The van der Waals surface area contributed by atoms with Gasteiger partial charge in [-0.05, 0) is 48.9 Å². The number of pyridine rings is 1. The molecule has 0 saturated carbocycles. The van der Waals surface area contributed by atoms with Crippen LogP contribution in [0.4, 0.5) is 0 Å². The molecule has 0 spiro atoms. The Morgan fingerprint density at radius 2 is 1.96 bits per heavy atom. The molecule has 3 aromatic heterocycles. The third kappa shape index (κ3) is 3.37. The number of piperidine rings is 1. The fourth-order valence-electron chi connectivity index (χ4n) is 3.46. The summed E-state index contributed by atoms with van der Waals surface area (Å²) in [6.07, 6.45) is 7.34. The van der Waals surface area contributed by atoms with E-state index in [4.69, 9.17) is 4.98 Å². The normalized spacial score (nSPS) is 15.2. The van der Waals surface area contributed by atoms with Gasteiger partial charge in [0.1, 0.15) is 5.82 Å². The Morgan fingerprint density at radius 3 is 2.65 bits per heavy atom. The van der Waals surface area contributed by atoms with Gasteiger partial charge in [-0.3, -0.25) is 9.78 Å². The van der Waals surface area contributed by atoms with Crippen LogP contribution in [-0.2, 0) is 0 Å². The Morgan fingerprint density at radius 1 is 1.19 bits per heavy atom. The van der Waals surface area contributed by atoms with Gasteiger partial charge in [-0.25, -0.2) is 9.97 Å². The molecule has 0 atom stereocenters. The summed E-state index contributed by atoms with van der Waals surface area (Å²) in [5, 5.41) is 1.95. The highest BCUT2D eigenvalue weighted by Gasteiger charge is 2.27. The standard InChI is InChI=1S/C20H20N4OS/c1-14-22-13-17(15-4-8-21-9-5-15)19(23-14)16-6-10-24(11-7-16)20(25)18-3-2-12-26-18/h2-5,8-9,12-13,16H,6-7,10-11H2,1H3. The molecule has 4 rings (SSSR count). The molecule has 1 aliphatic heterocycles. The SMILES string of the molecule is Cc1ncc(-c2ccncc2)c(C2CCN(C(=O)c3cccs3)CC2)n1. The van der Waals surface area contributed by atoms with Crippen LogP contribution in [-0.4, -0.2) is 38.8 Å². The second kappa shape index (κ2) is 7.33. The van der Waals surface area contributed by atoms with Gasteiger partial charge in [0.25, 0.3) is 5.91 Å². The second-order valence-electron chi connectivity index (χ2n) is 6.50. The highest BCUT2D eigenvalue weighted by molar-refractivity contribution is 7.12. The number of rotatable bonds is 3. The van der Waals surface area contributed by atoms with E-state index in [9.17, 15) is 4.79 Å². The number of thiophene rings is 1. The van der Waals surface area contributed by atoms with Crippen molar-refractivity contribution in [1.29, 1.82) is 0 Å². The molecular weight excluding hydrogens is 344 g/mol. The fraction of sp³-hybridized carbons (Fsp3) is 0.300. The molecule has 0 unspecified atom stereocenters. The van der Waals surface area contributed by atoms with Crippen molar-refractivity contribution in [3.05, 3.63) is 64.6 Å². The second-order valence-corrected chi connectivity index (χ2v) is 7.44. The van der Waals surface area contributed by atoms with Crippen LogP contribution in [0, 0.1) is 6.92 Å². The first-order valence-corrected chi connectivity index (χ1v) is 9.67. The van der Waals surface area contributed by atoms with Crippen molar-refractivity contribution < 1.29 is 4.79 Å². The van der Waals surface area contributed by atoms with Gasteiger partial charge in [-0.2, -0.15) is 0 Å². The van der Waals surface area contributed by atoms with Crippen LogP contribution in [0.25, 0.3) is 11.1 Å². The smallest absolute Gasteiger partial charge is 0.263 e. The van der Waals surface area contributed by atoms with Gasteiger partial charge in [0.05, 0.1) is 10.6 Å². The number of likely N-dealkylation sites (tertiary alicyclic amines) is 1. The van der Waals surface area contributed by atoms with E-state index in [1.54, 1.807) is 12.4 Å². The summed E-state index contributed by atoms with van der Waals surface area (Å²) >= 11 is 1.51. The van der Waals surface area contributed by atoms with Gasteiger partial charge in [0.15, 0.2) is 0 Å². The molecule has 0 bridgehead atoms. The Kier molecular flexibility index (Phi) is 4.75. The molecule has 26 heavy (non-hydrogen) atoms. The van der Waals surface area contributed by atoms with Crippen LogP contribution in [0.15, 0.2) is 48.2 Å². The van der Waals surface area contributed by atoms with Crippen LogP contribution in [0.3, 0.4) is 0 Å². The van der Waals surface area contributed by atoms with Crippen LogP contribution in [0.5, 0.6) is 0 Å². The highest BCUT2D eigenvalue weighted by Crippen LogP contribution is 2.34. The number of carbonyl (C=O) groups is 1. The summed E-state index contributed by atoms with van der Waals surface area (Å²) in [6.45, 7) is 3.45. The zero-order chi connectivity index (χ0) is 17.9. The molecule has 0 N–H and O–H groups in total. The zero-order valence-corrected chi connectivity index (χ0v) is 15.4. The van der Waals surface area contributed by atoms with Crippen molar-refractivity contribution in [3.63, 3.8) is 0 Å². The van der Waals surface area contributed by atoms with Crippen molar-refractivity contribution in [2.45, 2.75) is 25.7 Å². The van der Waals surface area contributed by atoms with Crippen molar-refractivity contribution in [2.24, 2.45) is 0 Å². The number of amides is 1. The van der Waals surface area contributed by atoms with Gasteiger partial charge < -0.3 is 4.90 Å². The van der Waals surface area contributed by atoms with Crippen molar-refractivity contribution in [1.82, 2.24) is 19.9 Å². The third-order valence-corrected chi connectivity index (χ3v) is 5.69.